The van der Waals surface area contributed by atoms with Gasteiger partial charge in [-0.25, -0.2) is 4.98 Å². The highest BCUT2D eigenvalue weighted by Crippen LogP contribution is 2.46. The van der Waals surface area contributed by atoms with Gasteiger partial charge in [-0.05, 0) is 75.9 Å². The van der Waals surface area contributed by atoms with Gasteiger partial charge in [-0.15, -0.1) is 0 Å². The van der Waals surface area contributed by atoms with Crippen LogP contribution in [0.2, 0.25) is 5.15 Å². The predicted molar refractivity (Wildman–Crippen MR) is 114 cm³/mol. The molecule has 0 atom stereocenters. The molecule has 0 bridgehead atoms. The second kappa shape index (κ2) is 7.17. The first kappa shape index (κ1) is 21.4. The number of Topliss-reactive ketones (excluding diaryl/α,β-unsaturated/α-hetero) is 3. The summed E-state index contributed by atoms with van der Waals surface area (Å²) in [5.41, 5.74) is 1.73. The zero-order chi connectivity index (χ0) is 21.7. The fourth-order valence-corrected chi connectivity index (χ4v) is 4.51. The number of rotatable bonds is 3. The number of benzene rings is 1. The van der Waals surface area contributed by atoms with Crippen LogP contribution in [0.15, 0.2) is 30.3 Å². The molecule has 0 amide bonds. The van der Waals surface area contributed by atoms with Gasteiger partial charge in [-0.3, -0.25) is 14.4 Å². The maximum Gasteiger partial charge on any atom is 0.160 e. The molecule has 0 saturated heterocycles. The molecule has 1 saturated carbocycles. The number of carbonyl (C=O) groups is 3. The van der Waals surface area contributed by atoms with E-state index in [0.29, 0.717) is 17.1 Å². The van der Waals surface area contributed by atoms with Crippen LogP contribution in [0.25, 0.3) is 11.1 Å². The van der Waals surface area contributed by atoms with E-state index >= 15 is 0 Å². The van der Waals surface area contributed by atoms with Crippen LogP contribution < -0.4 is 0 Å². The Morgan fingerprint density at radius 3 is 2.07 bits per heavy atom. The molecule has 1 aromatic carbocycles. The number of ketones is 3. The molecule has 0 N–H and O–H groups in total. The van der Waals surface area contributed by atoms with Crippen LogP contribution in [0.4, 0.5) is 0 Å². The summed E-state index contributed by atoms with van der Waals surface area (Å²) in [7, 11) is 0. The lowest BCUT2D eigenvalue weighted by molar-refractivity contribution is -0.157. The summed E-state index contributed by atoms with van der Waals surface area (Å²) in [6.45, 7) is 10.4. The number of halogens is 1. The zero-order valence-corrected chi connectivity index (χ0v) is 18.5. The minimum atomic E-state index is -1.21. The molecule has 1 aliphatic carbocycles. The van der Waals surface area contributed by atoms with Crippen molar-refractivity contribution < 1.29 is 14.4 Å². The normalized spacial score (nSPS) is 18.9. The number of aromatic nitrogens is 1. The topological polar surface area (TPSA) is 64.1 Å². The lowest BCUT2D eigenvalue weighted by Crippen LogP contribution is -2.56. The van der Waals surface area contributed by atoms with Crippen LogP contribution in [0.1, 0.15) is 57.4 Å². The maximum atomic E-state index is 13.3. The summed E-state index contributed by atoms with van der Waals surface area (Å²) >= 11 is 5.99. The Hall–Kier alpha value is -2.33. The van der Waals surface area contributed by atoms with Gasteiger partial charge in [0.2, 0.25) is 0 Å². The SMILES string of the molecule is CCc1ccc(-c2ccc(Cl)nc2C)cc1C1C(=O)C(C)(C)C(=O)C(C)(C)C1=O. The van der Waals surface area contributed by atoms with E-state index in [1.807, 2.05) is 38.1 Å². The average Bonchev–Trinajstić information content (AvgIpc) is 2.66. The van der Waals surface area contributed by atoms with E-state index in [9.17, 15) is 14.4 Å². The molecule has 1 fully saturated rings. The Kier molecular flexibility index (Phi) is 5.29. The maximum absolute atomic E-state index is 13.3. The number of hydrogen-bond donors (Lipinski definition) is 0. The van der Waals surface area contributed by atoms with E-state index in [4.69, 9.17) is 11.6 Å². The second-order valence-electron chi connectivity index (χ2n) is 8.77. The van der Waals surface area contributed by atoms with Crippen LogP contribution in [0, 0.1) is 17.8 Å². The van der Waals surface area contributed by atoms with Gasteiger partial charge < -0.3 is 0 Å². The van der Waals surface area contributed by atoms with E-state index in [1.165, 1.54) is 0 Å². The standard InChI is InChI=1S/C24H26ClNO3/c1-7-14-8-9-15(16-10-11-18(25)26-13(16)2)12-17(14)19-20(27)23(3,4)22(29)24(5,6)21(19)28/h8-12,19H,7H2,1-6H3. The van der Waals surface area contributed by atoms with Crippen LogP contribution in [0.5, 0.6) is 0 Å². The Bertz CT molecular complexity index is 1010. The van der Waals surface area contributed by atoms with Crippen molar-refractivity contribution in [3.63, 3.8) is 0 Å². The number of aryl methyl sites for hydroxylation is 2. The van der Waals surface area contributed by atoms with Crippen molar-refractivity contribution >= 4 is 29.0 Å². The Balaban J connectivity index is 2.22. The summed E-state index contributed by atoms with van der Waals surface area (Å²) in [5.74, 6) is -1.93. The number of pyridine rings is 1. The first-order valence-electron chi connectivity index (χ1n) is 9.82. The second-order valence-corrected chi connectivity index (χ2v) is 9.16. The monoisotopic (exact) mass is 411 g/mol. The van der Waals surface area contributed by atoms with Gasteiger partial charge in [-0.1, -0.05) is 30.7 Å². The van der Waals surface area contributed by atoms with Crippen molar-refractivity contribution in [2.24, 2.45) is 10.8 Å². The predicted octanol–water partition coefficient (Wildman–Crippen LogP) is 5.13. The highest BCUT2D eigenvalue weighted by Gasteiger charge is 2.58. The molecule has 5 heteroatoms. The molecule has 3 rings (SSSR count). The first-order valence-corrected chi connectivity index (χ1v) is 10.2. The van der Waals surface area contributed by atoms with Gasteiger partial charge in [0, 0.05) is 11.3 Å². The summed E-state index contributed by atoms with van der Waals surface area (Å²) < 4.78 is 0. The summed E-state index contributed by atoms with van der Waals surface area (Å²) in [6.07, 6.45) is 0.680. The molecule has 1 aliphatic rings. The Labute approximate surface area is 176 Å². The third-order valence-electron chi connectivity index (χ3n) is 6.09. The lowest BCUT2D eigenvalue weighted by Gasteiger charge is -2.41. The molecular formula is C24H26ClNO3. The summed E-state index contributed by atoms with van der Waals surface area (Å²) in [5, 5.41) is 0.413. The van der Waals surface area contributed by atoms with Crippen LogP contribution >= 0.6 is 11.6 Å². The van der Waals surface area contributed by atoms with Crippen molar-refractivity contribution in [3.8, 4) is 11.1 Å². The fourth-order valence-electron chi connectivity index (χ4n) is 4.32. The van der Waals surface area contributed by atoms with Gasteiger partial charge in [0.25, 0.3) is 0 Å². The van der Waals surface area contributed by atoms with E-state index in [1.54, 1.807) is 33.8 Å². The molecule has 1 heterocycles. The highest BCUT2D eigenvalue weighted by atomic mass is 35.5. The minimum absolute atomic E-state index is 0.316. The van der Waals surface area contributed by atoms with Crippen LogP contribution in [-0.4, -0.2) is 22.3 Å². The quantitative estimate of drug-likeness (QED) is 0.518. The third kappa shape index (κ3) is 3.33. The molecule has 4 nitrogen and oxygen atoms in total. The molecule has 29 heavy (non-hydrogen) atoms. The van der Waals surface area contributed by atoms with Crippen LogP contribution in [-0.2, 0) is 20.8 Å². The molecule has 0 unspecified atom stereocenters. The van der Waals surface area contributed by atoms with Crippen molar-refractivity contribution in [1.29, 1.82) is 0 Å². The Morgan fingerprint density at radius 2 is 1.55 bits per heavy atom. The zero-order valence-electron chi connectivity index (χ0n) is 17.7. The van der Waals surface area contributed by atoms with E-state index in [2.05, 4.69) is 4.98 Å². The largest absolute Gasteiger partial charge is 0.298 e. The average molecular weight is 412 g/mol. The number of nitrogens with zero attached hydrogens (tertiary/aromatic N) is 1. The van der Waals surface area contributed by atoms with E-state index < -0.39 is 16.7 Å². The van der Waals surface area contributed by atoms with Gasteiger partial charge >= 0.3 is 0 Å². The molecule has 0 radical (unpaired) electrons. The molecule has 0 spiro atoms. The van der Waals surface area contributed by atoms with Gasteiger partial charge in [0.05, 0.1) is 10.8 Å². The smallest absolute Gasteiger partial charge is 0.160 e. The first-order chi connectivity index (χ1) is 13.4. The van der Waals surface area contributed by atoms with Gasteiger partial charge in [0.1, 0.15) is 11.1 Å². The van der Waals surface area contributed by atoms with E-state index in [-0.39, 0.29) is 17.3 Å². The van der Waals surface area contributed by atoms with Gasteiger partial charge in [0.15, 0.2) is 17.3 Å². The third-order valence-corrected chi connectivity index (χ3v) is 6.30. The molecule has 0 aliphatic heterocycles. The molecule has 2 aromatic rings. The van der Waals surface area contributed by atoms with Crippen molar-refractivity contribution in [1.82, 2.24) is 4.98 Å². The molecule has 1 aromatic heterocycles. The molecule has 152 valence electrons. The Morgan fingerprint density at radius 1 is 0.966 bits per heavy atom. The van der Waals surface area contributed by atoms with E-state index in [0.717, 1.165) is 22.4 Å². The van der Waals surface area contributed by atoms with Crippen LogP contribution in [0.3, 0.4) is 0 Å². The van der Waals surface area contributed by atoms with Crippen molar-refractivity contribution in [2.75, 3.05) is 0 Å². The van der Waals surface area contributed by atoms with Gasteiger partial charge in [-0.2, -0.15) is 0 Å². The minimum Gasteiger partial charge on any atom is -0.298 e. The molecular weight excluding hydrogens is 386 g/mol. The fraction of sp³-hybridized carbons (Fsp3) is 0.417. The summed E-state index contributed by atoms with van der Waals surface area (Å²) in [6, 6.07) is 9.44. The lowest BCUT2D eigenvalue weighted by atomic mass is 9.57. The highest BCUT2D eigenvalue weighted by molar-refractivity contribution is 6.30. The number of hydrogen-bond acceptors (Lipinski definition) is 4. The van der Waals surface area contributed by atoms with Crippen molar-refractivity contribution in [3.05, 3.63) is 52.3 Å². The van der Waals surface area contributed by atoms with Crippen molar-refractivity contribution in [2.45, 2.75) is 53.9 Å². The summed E-state index contributed by atoms with van der Waals surface area (Å²) in [4.78, 5) is 43.8. The number of carbonyl (C=O) groups excluding carboxylic acids is 3.